The van der Waals surface area contributed by atoms with Crippen molar-refractivity contribution in [2.45, 2.75) is 42.5 Å². The molecule has 1 atom stereocenters. The van der Waals surface area contributed by atoms with Crippen LogP contribution < -0.4 is 14.9 Å². The first kappa shape index (κ1) is 32.0. The number of anilines is 2. The van der Waals surface area contributed by atoms with Gasteiger partial charge in [0.05, 0.1) is 16.3 Å². The number of fused-ring (bicyclic) bond motifs is 1. The summed E-state index contributed by atoms with van der Waals surface area (Å²) >= 11 is 0. The highest BCUT2D eigenvalue weighted by atomic mass is 32.2. The molecule has 3 aromatic carbocycles. The number of likely N-dealkylation sites (tertiary alicyclic amines) is 1. The van der Waals surface area contributed by atoms with Crippen LogP contribution in [0.2, 0.25) is 0 Å². The summed E-state index contributed by atoms with van der Waals surface area (Å²) in [6.45, 7) is 9.97. The molecule has 3 saturated heterocycles. The molecular weight excluding hydrogens is 613 g/mol. The Labute approximate surface area is 277 Å². The van der Waals surface area contributed by atoms with E-state index in [0.717, 1.165) is 44.0 Å². The number of sulfonamides is 1. The quantitative estimate of drug-likeness (QED) is 0.315. The van der Waals surface area contributed by atoms with Gasteiger partial charge in [0.2, 0.25) is 15.9 Å². The van der Waals surface area contributed by atoms with Crippen LogP contribution in [0.25, 0.3) is 0 Å². The van der Waals surface area contributed by atoms with E-state index in [1.54, 1.807) is 18.2 Å². The van der Waals surface area contributed by atoms with E-state index in [1.165, 1.54) is 38.2 Å². The zero-order valence-electron chi connectivity index (χ0n) is 26.8. The summed E-state index contributed by atoms with van der Waals surface area (Å²) in [6, 6.07) is 22.5. The molecule has 0 radical (unpaired) electrons. The van der Waals surface area contributed by atoms with Crippen LogP contribution in [0.1, 0.15) is 42.7 Å². The number of aliphatic imine (C=N–C) groups is 1. The minimum atomic E-state index is -3.79. The third kappa shape index (κ3) is 7.44. The molecule has 4 heterocycles. The van der Waals surface area contributed by atoms with Crippen molar-refractivity contribution in [1.29, 1.82) is 0 Å². The fourth-order valence-corrected chi connectivity index (χ4v) is 8.42. The first-order valence-corrected chi connectivity index (χ1v) is 18.4. The van der Waals surface area contributed by atoms with Gasteiger partial charge in [0.15, 0.2) is 0 Å². The van der Waals surface area contributed by atoms with Crippen LogP contribution in [0.5, 0.6) is 0 Å². The molecule has 1 amide bonds. The molecule has 0 saturated carbocycles. The van der Waals surface area contributed by atoms with E-state index >= 15 is 0 Å². The lowest BCUT2D eigenvalue weighted by Crippen LogP contribution is -2.48. The molecule has 0 aromatic heterocycles. The summed E-state index contributed by atoms with van der Waals surface area (Å²) in [7, 11) is -3.79. The maximum Gasteiger partial charge on any atom is 0.240 e. The fraction of sp³-hybridized carbons (Fsp3) is 0.444. The summed E-state index contributed by atoms with van der Waals surface area (Å²) in [6.07, 6.45) is 3.93. The Kier molecular flexibility index (Phi) is 9.69. The minimum Gasteiger partial charge on any atom is -0.381 e. The molecule has 2 N–H and O–H groups in total. The number of hydrogen-bond donors (Lipinski definition) is 2. The molecule has 10 nitrogen and oxygen atoms in total. The first-order valence-electron chi connectivity index (χ1n) is 16.9. The number of carbonyl (C=O) groups is 1. The highest BCUT2D eigenvalue weighted by Gasteiger charge is 2.37. The third-order valence-corrected chi connectivity index (χ3v) is 11.3. The largest absolute Gasteiger partial charge is 0.381 e. The second-order valence-corrected chi connectivity index (χ2v) is 14.7. The van der Waals surface area contributed by atoms with Crippen molar-refractivity contribution >= 4 is 38.7 Å². The Morgan fingerprint density at radius 1 is 0.851 bits per heavy atom. The first-order chi connectivity index (χ1) is 22.9. The normalized spacial score (nSPS) is 21.6. The van der Waals surface area contributed by atoms with Gasteiger partial charge in [-0.25, -0.2) is 13.1 Å². The monoisotopic (exact) mass is 656 g/mol. The average molecular weight is 657 g/mol. The van der Waals surface area contributed by atoms with Gasteiger partial charge in [0.1, 0.15) is 5.92 Å². The van der Waals surface area contributed by atoms with Gasteiger partial charge in [-0.15, -0.1) is 0 Å². The topological polar surface area (TPSA) is 107 Å². The van der Waals surface area contributed by atoms with E-state index in [2.05, 4.69) is 36.9 Å². The minimum absolute atomic E-state index is 0.136. The summed E-state index contributed by atoms with van der Waals surface area (Å²) in [5.41, 5.74) is 4.50. The van der Waals surface area contributed by atoms with E-state index in [1.807, 2.05) is 42.5 Å². The van der Waals surface area contributed by atoms with Crippen LogP contribution in [0.15, 0.2) is 82.7 Å². The zero-order chi connectivity index (χ0) is 32.2. The lowest BCUT2D eigenvalue weighted by Gasteiger charge is -2.36. The summed E-state index contributed by atoms with van der Waals surface area (Å²) in [4.78, 5) is 26.3. The van der Waals surface area contributed by atoms with E-state index < -0.39 is 15.9 Å². The van der Waals surface area contributed by atoms with Crippen LogP contribution in [-0.4, -0.2) is 101 Å². The lowest BCUT2D eigenvalue weighted by molar-refractivity contribution is -0.115. The van der Waals surface area contributed by atoms with Crippen molar-refractivity contribution in [1.82, 2.24) is 14.5 Å². The summed E-state index contributed by atoms with van der Waals surface area (Å²) in [5.74, 6) is -0.993. The van der Waals surface area contributed by atoms with Crippen molar-refractivity contribution in [2.24, 2.45) is 4.99 Å². The second kappa shape index (κ2) is 14.2. The average Bonchev–Trinajstić information content (AvgIpc) is 3.74. The lowest BCUT2D eigenvalue weighted by atomic mass is 9.90. The van der Waals surface area contributed by atoms with Crippen molar-refractivity contribution in [3.05, 3.63) is 83.9 Å². The van der Waals surface area contributed by atoms with Gasteiger partial charge in [-0.2, -0.15) is 0 Å². The molecular formula is C36H44N6O4S. The van der Waals surface area contributed by atoms with Crippen molar-refractivity contribution in [3.8, 4) is 0 Å². The number of benzene rings is 3. The SMILES string of the molecule is O=C1Nc2ccc(S(=O)(=O)NC3CCOCC3)cc2C1C(=Nc1ccc(N2CCN(CCN3CCCC3)CC2)cc1)c1ccccc1. The second-order valence-electron chi connectivity index (χ2n) is 12.9. The highest BCUT2D eigenvalue weighted by molar-refractivity contribution is 7.89. The molecule has 47 heavy (non-hydrogen) atoms. The molecule has 0 aliphatic carbocycles. The predicted octanol–water partition coefficient (Wildman–Crippen LogP) is 4.22. The summed E-state index contributed by atoms with van der Waals surface area (Å²) in [5, 5.41) is 2.96. The Hall–Kier alpha value is -3.61. The van der Waals surface area contributed by atoms with E-state index in [9.17, 15) is 13.2 Å². The van der Waals surface area contributed by atoms with Gasteiger partial charge in [0.25, 0.3) is 0 Å². The van der Waals surface area contributed by atoms with Crippen LogP contribution in [-0.2, 0) is 19.6 Å². The molecule has 11 heteroatoms. The van der Waals surface area contributed by atoms with Gasteiger partial charge in [0, 0.05) is 69.9 Å². The van der Waals surface area contributed by atoms with Crippen LogP contribution >= 0.6 is 0 Å². The van der Waals surface area contributed by atoms with Crippen molar-refractivity contribution in [3.63, 3.8) is 0 Å². The Bertz CT molecular complexity index is 1680. The Morgan fingerprint density at radius 3 is 2.23 bits per heavy atom. The molecule has 4 aliphatic rings. The molecule has 0 spiro atoms. The number of carbonyl (C=O) groups excluding carboxylic acids is 1. The molecule has 0 bridgehead atoms. The maximum absolute atomic E-state index is 13.5. The molecule has 7 rings (SSSR count). The number of piperazine rings is 1. The van der Waals surface area contributed by atoms with E-state index in [4.69, 9.17) is 9.73 Å². The smallest absolute Gasteiger partial charge is 0.240 e. The van der Waals surface area contributed by atoms with Crippen LogP contribution in [0.3, 0.4) is 0 Å². The number of nitrogens with zero attached hydrogens (tertiary/aromatic N) is 4. The van der Waals surface area contributed by atoms with E-state index in [-0.39, 0.29) is 16.8 Å². The van der Waals surface area contributed by atoms with E-state index in [0.29, 0.717) is 43.0 Å². The molecule has 4 aliphatic heterocycles. The Morgan fingerprint density at radius 2 is 1.53 bits per heavy atom. The summed E-state index contributed by atoms with van der Waals surface area (Å²) < 4.78 is 35.0. The van der Waals surface area contributed by atoms with Gasteiger partial charge in [-0.3, -0.25) is 14.7 Å². The van der Waals surface area contributed by atoms with Crippen molar-refractivity contribution < 1.29 is 17.9 Å². The Balaban J connectivity index is 1.10. The third-order valence-electron chi connectivity index (χ3n) is 9.82. The number of nitrogens with one attached hydrogen (secondary N) is 2. The molecule has 3 aromatic rings. The van der Waals surface area contributed by atoms with Crippen molar-refractivity contribution in [2.75, 3.05) is 75.8 Å². The standard InChI is InChI=1S/C36H44N6O4S/c43-36-34(32-26-31(12-13-33(32)38-36)47(44,45)39-29-14-24-46-25-15-29)35(27-6-2-1-3-7-27)37-28-8-10-30(11-9-28)42-22-20-41(21-23-42)19-18-40-16-4-5-17-40/h1-3,6-13,26,29,34,39H,4-5,14-25H2,(H,38,43). The van der Waals surface area contributed by atoms with Gasteiger partial charge < -0.3 is 19.9 Å². The number of ether oxygens (including phenoxy) is 1. The zero-order valence-corrected chi connectivity index (χ0v) is 27.6. The number of hydrogen-bond acceptors (Lipinski definition) is 8. The van der Waals surface area contributed by atoms with Crippen LogP contribution in [0.4, 0.5) is 17.1 Å². The molecule has 248 valence electrons. The van der Waals surface area contributed by atoms with Crippen LogP contribution in [0, 0.1) is 0 Å². The molecule has 3 fully saturated rings. The predicted molar refractivity (Wildman–Crippen MR) is 185 cm³/mol. The van der Waals surface area contributed by atoms with Gasteiger partial charge in [-0.05, 0) is 92.4 Å². The maximum atomic E-state index is 13.5. The fourth-order valence-electron chi connectivity index (χ4n) is 7.08. The molecule has 1 unspecified atom stereocenters. The van der Waals surface area contributed by atoms with Gasteiger partial charge in [-0.1, -0.05) is 30.3 Å². The number of amides is 1. The number of rotatable bonds is 10. The highest BCUT2D eigenvalue weighted by Crippen LogP contribution is 2.38. The van der Waals surface area contributed by atoms with Gasteiger partial charge >= 0.3 is 0 Å².